The predicted octanol–water partition coefficient (Wildman–Crippen LogP) is 6.07. The van der Waals surface area contributed by atoms with Crippen molar-refractivity contribution < 1.29 is 14.5 Å². The summed E-state index contributed by atoms with van der Waals surface area (Å²) >= 11 is 0. The smallest absolute Gasteiger partial charge is 0.311 e. The van der Waals surface area contributed by atoms with Crippen LogP contribution in [0.4, 0.5) is 11.4 Å². The predicted molar refractivity (Wildman–Crippen MR) is 125 cm³/mol. The minimum absolute atomic E-state index is 0.0887. The monoisotopic (exact) mass is 428 g/mol. The van der Waals surface area contributed by atoms with Gasteiger partial charge in [0, 0.05) is 29.3 Å². The number of carbonyl (C=O) groups is 1. The summed E-state index contributed by atoms with van der Waals surface area (Å²) in [6.07, 6.45) is 1.22. The second-order valence-electron chi connectivity index (χ2n) is 9.31. The number of anilines is 1. The number of hydrogen-bond donors (Lipinski definition) is 1. The maximum Gasteiger partial charge on any atom is 0.311 e. The topological polar surface area (TPSA) is 81.5 Å². The second kappa shape index (κ2) is 7.19. The second-order valence-corrected chi connectivity index (χ2v) is 9.31. The van der Waals surface area contributed by atoms with E-state index >= 15 is 0 Å². The van der Waals surface area contributed by atoms with Crippen molar-refractivity contribution in [2.24, 2.45) is 5.41 Å². The van der Waals surface area contributed by atoms with E-state index < -0.39 is 11.0 Å². The van der Waals surface area contributed by atoms with Crippen LogP contribution in [0, 0.1) is 15.5 Å². The first-order chi connectivity index (χ1) is 15.3. The number of ketones is 1. The SMILES string of the molecule is COc1ccc([C@H]2Nc3ccc4ccccc4c3C3=C2C(=O)CC(C)(C)C3)cc1[N+](=O)[O-]. The van der Waals surface area contributed by atoms with Gasteiger partial charge in [-0.3, -0.25) is 14.9 Å². The summed E-state index contributed by atoms with van der Waals surface area (Å²) in [6, 6.07) is 16.7. The van der Waals surface area contributed by atoms with Gasteiger partial charge < -0.3 is 10.1 Å². The standard InChI is InChI=1S/C26H24N2O4/c1-26(2)13-18-23-17-7-5-4-6-15(17)8-10-19(23)27-25(24(18)21(29)14-26)16-9-11-22(32-3)20(12-16)28(30)31/h4-12,25,27H,13-14H2,1-3H3/t25-/m1/s1. The number of fused-ring (bicyclic) bond motifs is 4. The molecule has 1 N–H and O–H groups in total. The van der Waals surface area contributed by atoms with Gasteiger partial charge in [-0.2, -0.15) is 0 Å². The van der Waals surface area contributed by atoms with Crippen LogP contribution in [-0.4, -0.2) is 17.8 Å². The highest BCUT2D eigenvalue weighted by Crippen LogP contribution is 2.52. The van der Waals surface area contributed by atoms with E-state index in [1.165, 1.54) is 13.2 Å². The molecule has 0 saturated heterocycles. The van der Waals surface area contributed by atoms with E-state index in [2.05, 4.69) is 37.4 Å². The van der Waals surface area contributed by atoms with Crippen LogP contribution < -0.4 is 10.1 Å². The molecule has 6 nitrogen and oxygen atoms in total. The Morgan fingerprint density at radius 1 is 1.09 bits per heavy atom. The van der Waals surface area contributed by atoms with Crippen LogP contribution >= 0.6 is 0 Å². The van der Waals surface area contributed by atoms with E-state index in [1.54, 1.807) is 12.1 Å². The van der Waals surface area contributed by atoms with Gasteiger partial charge in [-0.15, -0.1) is 0 Å². The molecule has 0 bridgehead atoms. The molecular formula is C26H24N2O4. The van der Waals surface area contributed by atoms with E-state index in [0.29, 0.717) is 17.6 Å². The van der Waals surface area contributed by atoms with E-state index in [4.69, 9.17) is 4.74 Å². The molecule has 0 spiro atoms. The van der Waals surface area contributed by atoms with Crippen molar-refractivity contribution in [3.63, 3.8) is 0 Å². The van der Waals surface area contributed by atoms with Crippen molar-refractivity contribution in [2.45, 2.75) is 32.7 Å². The highest BCUT2D eigenvalue weighted by molar-refractivity contribution is 6.12. The molecule has 3 aromatic carbocycles. The maximum atomic E-state index is 13.5. The van der Waals surface area contributed by atoms with Crippen LogP contribution in [0.5, 0.6) is 5.75 Å². The van der Waals surface area contributed by atoms with Gasteiger partial charge in [0.15, 0.2) is 11.5 Å². The molecule has 162 valence electrons. The number of allylic oxidation sites excluding steroid dienone is 1. The fourth-order valence-electron chi connectivity index (χ4n) is 5.12. The van der Waals surface area contributed by atoms with Gasteiger partial charge in [0.2, 0.25) is 0 Å². The molecule has 1 atom stereocenters. The zero-order valence-corrected chi connectivity index (χ0v) is 18.3. The van der Waals surface area contributed by atoms with Crippen molar-refractivity contribution in [1.82, 2.24) is 0 Å². The number of carbonyl (C=O) groups excluding carboxylic acids is 1. The van der Waals surface area contributed by atoms with Gasteiger partial charge in [0.05, 0.1) is 18.1 Å². The molecule has 0 saturated carbocycles. The van der Waals surface area contributed by atoms with Gasteiger partial charge >= 0.3 is 5.69 Å². The zero-order chi connectivity index (χ0) is 22.6. The normalized spacial score (nSPS) is 19.2. The third kappa shape index (κ3) is 3.14. The van der Waals surface area contributed by atoms with Crippen molar-refractivity contribution in [2.75, 3.05) is 12.4 Å². The lowest BCUT2D eigenvalue weighted by Crippen LogP contribution is -2.33. The fraction of sp³-hybridized carbons (Fsp3) is 0.269. The molecule has 0 aromatic heterocycles. The Morgan fingerprint density at radius 3 is 2.62 bits per heavy atom. The summed E-state index contributed by atoms with van der Waals surface area (Å²) in [6.45, 7) is 4.24. The molecule has 0 unspecified atom stereocenters. The summed E-state index contributed by atoms with van der Waals surface area (Å²) in [7, 11) is 1.41. The lowest BCUT2D eigenvalue weighted by atomic mass is 9.68. The van der Waals surface area contributed by atoms with Crippen LogP contribution in [0.2, 0.25) is 0 Å². The number of nitrogens with one attached hydrogen (secondary N) is 1. The average Bonchev–Trinajstić information content (AvgIpc) is 2.76. The molecule has 0 fully saturated rings. The molecule has 5 rings (SSSR count). The van der Waals surface area contributed by atoms with Crippen LogP contribution in [0.25, 0.3) is 16.3 Å². The highest BCUT2D eigenvalue weighted by Gasteiger charge is 2.41. The molecule has 6 heteroatoms. The van der Waals surface area contributed by atoms with Crippen molar-refractivity contribution in [3.8, 4) is 5.75 Å². The van der Waals surface area contributed by atoms with Crippen molar-refractivity contribution >= 4 is 33.5 Å². The van der Waals surface area contributed by atoms with Gasteiger partial charge in [-0.25, -0.2) is 0 Å². The Labute approximate surface area is 186 Å². The van der Waals surface area contributed by atoms with E-state index in [1.807, 2.05) is 18.2 Å². The minimum atomic E-state index is -0.452. The number of methoxy groups -OCH3 is 1. The number of hydrogen-bond acceptors (Lipinski definition) is 5. The molecule has 0 radical (unpaired) electrons. The number of benzene rings is 3. The Hall–Kier alpha value is -3.67. The third-order valence-corrected chi connectivity index (χ3v) is 6.47. The average molecular weight is 428 g/mol. The largest absolute Gasteiger partial charge is 0.490 e. The first-order valence-corrected chi connectivity index (χ1v) is 10.7. The molecule has 1 aliphatic carbocycles. The van der Waals surface area contributed by atoms with E-state index in [9.17, 15) is 14.9 Å². The van der Waals surface area contributed by atoms with Gasteiger partial charge in [-0.1, -0.05) is 50.2 Å². The van der Waals surface area contributed by atoms with E-state index in [0.717, 1.165) is 34.0 Å². The summed E-state index contributed by atoms with van der Waals surface area (Å²) in [5.74, 6) is 0.289. The molecule has 2 aliphatic rings. The Kier molecular flexibility index (Phi) is 4.55. The molecule has 1 aliphatic heterocycles. The fourth-order valence-corrected chi connectivity index (χ4v) is 5.12. The summed E-state index contributed by atoms with van der Waals surface area (Å²) in [4.78, 5) is 24.6. The molecule has 1 heterocycles. The number of Topliss-reactive ketones (excluding diaryl/α,β-unsaturated/α-hetero) is 1. The Morgan fingerprint density at radius 2 is 1.88 bits per heavy atom. The van der Waals surface area contributed by atoms with Crippen LogP contribution in [0.1, 0.15) is 43.9 Å². The summed E-state index contributed by atoms with van der Waals surface area (Å²) < 4.78 is 5.17. The molecular weight excluding hydrogens is 404 g/mol. The quantitative estimate of drug-likeness (QED) is 0.405. The third-order valence-electron chi connectivity index (χ3n) is 6.47. The Balaban J connectivity index is 1.77. The van der Waals surface area contributed by atoms with Gasteiger partial charge in [-0.05, 0) is 45.9 Å². The number of rotatable bonds is 3. The number of ether oxygens (including phenoxy) is 1. The van der Waals surface area contributed by atoms with Crippen molar-refractivity contribution in [1.29, 1.82) is 0 Å². The number of nitro groups is 1. The maximum absolute atomic E-state index is 13.5. The number of nitro benzene ring substituents is 1. The van der Waals surface area contributed by atoms with E-state index in [-0.39, 0.29) is 22.6 Å². The van der Waals surface area contributed by atoms with Gasteiger partial charge in [0.1, 0.15) is 0 Å². The lowest BCUT2D eigenvalue weighted by molar-refractivity contribution is -0.385. The minimum Gasteiger partial charge on any atom is -0.490 e. The van der Waals surface area contributed by atoms with Crippen LogP contribution in [0.15, 0.2) is 60.2 Å². The first-order valence-electron chi connectivity index (χ1n) is 10.7. The van der Waals surface area contributed by atoms with Crippen LogP contribution in [-0.2, 0) is 4.79 Å². The molecule has 0 amide bonds. The molecule has 3 aromatic rings. The summed E-state index contributed by atoms with van der Waals surface area (Å²) in [5, 5.41) is 17.4. The Bertz CT molecular complexity index is 1320. The van der Waals surface area contributed by atoms with Crippen LogP contribution in [0.3, 0.4) is 0 Å². The molecule has 32 heavy (non-hydrogen) atoms. The number of nitrogens with zero attached hydrogens (tertiary/aromatic N) is 1. The zero-order valence-electron chi connectivity index (χ0n) is 18.3. The summed E-state index contributed by atoms with van der Waals surface area (Å²) in [5.41, 5.74) is 4.18. The lowest BCUT2D eigenvalue weighted by Gasteiger charge is -2.40. The first kappa shape index (κ1) is 20.2. The van der Waals surface area contributed by atoms with Crippen molar-refractivity contribution in [3.05, 3.63) is 81.4 Å². The van der Waals surface area contributed by atoms with Gasteiger partial charge in [0.25, 0.3) is 0 Å². The highest BCUT2D eigenvalue weighted by atomic mass is 16.6.